The molecule has 1 rings (SSSR count). The Hall–Kier alpha value is -2.05. The number of aromatic nitrogens is 1. The Kier molecular flexibility index (Phi) is 4.30. The van der Waals surface area contributed by atoms with Crippen LogP contribution in [-0.4, -0.2) is 17.6 Å². The molecule has 0 aliphatic heterocycles. The summed E-state index contributed by atoms with van der Waals surface area (Å²) in [6, 6.07) is 0.818. The Bertz CT molecular complexity index is 470. The third kappa shape index (κ3) is 3.76. The van der Waals surface area contributed by atoms with Gasteiger partial charge in [-0.3, -0.25) is 0 Å². The molecule has 0 unspecified atom stereocenters. The van der Waals surface area contributed by atoms with Crippen LogP contribution < -0.4 is 5.73 Å². The first-order valence-electron chi connectivity index (χ1n) is 5.02. The van der Waals surface area contributed by atoms with Crippen molar-refractivity contribution in [1.29, 1.82) is 0 Å². The van der Waals surface area contributed by atoms with Gasteiger partial charge in [-0.2, -0.15) is 13.2 Å². The van der Waals surface area contributed by atoms with Gasteiger partial charge in [-0.15, -0.1) is 0 Å². The van der Waals surface area contributed by atoms with Gasteiger partial charge in [0.1, 0.15) is 5.82 Å². The highest BCUT2D eigenvalue weighted by Crippen LogP contribution is 2.30. The number of ether oxygens (including phenoxy) is 1. The standard InChI is InChI=1S/C11H11F3N2O2/c1-2-18-9(17)4-3-7-5-8(11(12,13)14)6-16-10(7)15/h3-6H,2H2,1H3,(H2,15,16). The Morgan fingerprint density at radius 1 is 1.56 bits per heavy atom. The summed E-state index contributed by atoms with van der Waals surface area (Å²) in [4.78, 5) is 14.4. The van der Waals surface area contributed by atoms with E-state index >= 15 is 0 Å². The number of carbonyl (C=O) groups is 1. The molecule has 0 amide bonds. The van der Waals surface area contributed by atoms with Crippen LogP contribution in [0.4, 0.5) is 19.0 Å². The van der Waals surface area contributed by atoms with Gasteiger partial charge in [0.2, 0.25) is 0 Å². The number of nitrogens with zero attached hydrogens (tertiary/aromatic N) is 1. The molecular weight excluding hydrogens is 249 g/mol. The van der Waals surface area contributed by atoms with Crippen LogP contribution in [-0.2, 0) is 15.7 Å². The van der Waals surface area contributed by atoms with Crippen molar-refractivity contribution < 1.29 is 22.7 Å². The predicted octanol–water partition coefficient (Wildman–Crippen LogP) is 2.26. The first kappa shape index (κ1) is 14.0. The molecule has 2 N–H and O–H groups in total. The fraction of sp³-hybridized carbons (Fsp3) is 0.273. The first-order valence-corrected chi connectivity index (χ1v) is 5.02. The fourth-order valence-electron chi connectivity index (χ4n) is 1.13. The summed E-state index contributed by atoms with van der Waals surface area (Å²) in [5.41, 5.74) is 4.49. The molecule has 0 saturated heterocycles. The van der Waals surface area contributed by atoms with Gasteiger partial charge in [0, 0.05) is 17.8 Å². The maximum absolute atomic E-state index is 12.4. The third-order valence-electron chi connectivity index (χ3n) is 1.96. The number of anilines is 1. The molecular formula is C11H11F3N2O2. The molecule has 0 aliphatic carbocycles. The number of carbonyl (C=O) groups excluding carboxylic acids is 1. The minimum Gasteiger partial charge on any atom is -0.463 e. The van der Waals surface area contributed by atoms with Crippen LogP contribution in [0.2, 0.25) is 0 Å². The Morgan fingerprint density at radius 3 is 2.78 bits per heavy atom. The minimum atomic E-state index is -4.51. The summed E-state index contributed by atoms with van der Waals surface area (Å²) in [5, 5.41) is 0. The zero-order valence-electron chi connectivity index (χ0n) is 9.49. The maximum Gasteiger partial charge on any atom is 0.417 e. The molecule has 1 aromatic heterocycles. The van der Waals surface area contributed by atoms with Gasteiger partial charge in [-0.25, -0.2) is 9.78 Å². The van der Waals surface area contributed by atoms with Gasteiger partial charge in [-0.1, -0.05) is 0 Å². The Balaban J connectivity index is 2.98. The second-order valence-corrected chi connectivity index (χ2v) is 3.28. The van der Waals surface area contributed by atoms with Gasteiger partial charge in [-0.05, 0) is 19.1 Å². The molecule has 1 heterocycles. The highest BCUT2D eigenvalue weighted by molar-refractivity contribution is 5.88. The maximum atomic E-state index is 12.4. The average molecular weight is 260 g/mol. The lowest BCUT2D eigenvalue weighted by Gasteiger charge is -2.07. The number of rotatable bonds is 3. The van der Waals surface area contributed by atoms with E-state index < -0.39 is 17.7 Å². The molecule has 7 heteroatoms. The van der Waals surface area contributed by atoms with E-state index in [1.165, 1.54) is 0 Å². The quantitative estimate of drug-likeness (QED) is 0.668. The van der Waals surface area contributed by atoms with E-state index in [0.717, 1.165) is 18.2 Å². The van der Waals surface area contributed by atoms with Crippen molar-refractivity contribution in [3.05, 3.63) is 29.5 Å². The second kappa shape index (κ2) is 5.52. The molecule has 0 bridgehead atoms. The summed E-state index contributed by atoms with van der Waals surface area (Å²) < 4.78 is 41.9. The normalized spacial score (nSPS) is 11.8. The lowest BCUT2D eigenvalue weighted by atomic mass is 10.1. The number of halogens is 3. The Labute approximate surface area is 101 Å². The van der Waals surface area contributed by atoms with E-state index in [2.05, 4.69) is 9.72 Å². The van der Waals surface area contributed by atoms with E-state index in [1.54, 1.807) is 6.92 Å². The third-order valence-corrected chi connectivity index (χ3v) is 1.96. The van der Waals surface area contributed by atoms with Crippen molar-refractivity contribution in [1.82, 2.24) is 4.98 Å². The molecule has 0 aromatic carbocycles. The van der Waals surface area contributed by atoms with Gasteiger partial charge < -0.3 is 10.5 Å². The number of pyridine rings is 1. The molecule has 0 spiro atoms. The van der Waals surface area contributed by atoms with Crippen molar-refractivity contribution in [2.75, 3.05) is 12.3 Å². The first-order chi connectivity index (χ1) is 8.34. The van der Waals surface area contributed by atoms with Crippen LogP contribution in [0.5, 0.6) is 0 Å². The fourth-order valence-corrected chi connectivity index (χ4v) is 1.13. The highest BCUT2D eigenvalue weighted by Gasteiger charge is 2.31. The molecule has 0 aliphatic rings. The monoisotopic (exact) mass is 260 g/mol. The zero-order chi connectivity index (χ0) is 13.8. The Morgan fingerprint density at radius 2 is 2.22 bits per heavy atom. The summed E-state index contributed by atoms with van der Waals surface area (Å²) in [6.45, 7) is 1.80. The highest BCUT2D eigenvalue weighted by atomic mass is 19.4. The SMILES string of the molecule is CCOC(=O)C=Cc1cc(C(F)(F)F)cnc1N. The number of hydrogen-bond acceptors (Lipinski definition) is 4. The van der Waals surface area contributed by atoms with Crippen LogP contribution in [0, 0.1) is 0 Å². The number of alkyl halides is 3. The van der Waals surface area contributed by atoms with Gasteiger partial charge in [0.05, 0.1) is 12.2 Å². The largest absolute Gasteiger partial charge is 0.463 e. The van der Waals surface area contributed by atoms with Crippen molar-refractivity contribution in [2.45, 2.75) is 13.1 Å². The molecule has 1 aromatic rings. The van der Waals surface area contributed by atoms with Crippen LogP contribution in [0.1, 0.15) is 18.1 Å². The van der Waals surface area contributed by atoms with E-state index in [1.807, 2.05) is 0 Å². The smallest absolute Gasteiger partial charge is 0.417 e. The van der Waals surface area contributed by atoms with Crippen molar-refractivity contribution in [2.24, 2.45) is 0 Å². The number of hydrogen-bond donors (Lipinski definition) is 1. The van der Waals surface area contributed by atoms with Crippen LogP contribution in [0.3, 0.4) is 0 Å². The van der Waals surface area contributed by atoms with Crippen LogP contribution >= 0.6 is 0 Å². The summed E-state index contributed by atoms with van der Waals surface area (Å²) in [7, 11) is 0. The van der Waals surface area contributed by atoms with Gasteiger partial charge in [0.25, 0.3) is 0 Å². The summed E-state index contributed by atoms with van der Waals surface area (Å²) >= 11 is 0. The summed E-state index contributed by atoms with van der Waals surface area (Å²) in [5.74, 6) is -0.752. The summed E-state index contributed by atoms with van der Waals surface area (Å²) in [6.07, 6.45) is -1.74. The molecule has 0 fully saturated rings. The predicted molar refractivity (Wildman–Crippen MR) is 59.3 cm³/mol. The lowest BCUT2D eigenvalue weighted by molar-refractivity contribution is -0.138. The molecule has 0 saturated carbocycles. The van der Waals surface area contributed by atoms with Gasteiger partial charge >= 0.3 is 12.1 Å². The van der Waals surface area contributed by atoms with Gasteiger partial charge in [0.15, 0.2) is 0 Å². The average Bonchev–Trinajstić information content (AvgIpc) is 2.26. The van der Waals surface area contributed by atoms with Crippen LogP contribution in [0.25, 0.3) is 6.08 Å². The topological polar surface area (TPSA) is 65.2 Å². The van der Waals surface area contributed by atoms with Crippen LogP contribution in [0.15, 0.2) is 18.3 Å². The van der Waals surface area contributed by atoms with Crippen molar-refractivity contribution >= 4 is 17.9 Å². The molecule has 0 atom stereocenters. The molecule has 98 valence electrons. The van der Waals surface area contributed by atoms with Crippen molar-refractivity contribution in [3.63, 3.8) is 0 Å². The van der Waals surface area contributed by atoms with E-state index in [4.69, 9.17) is 5.73 Å². The molecule has 0 radical (unpaired) electrons. The zero-order valence-corrected chi connectivity index (χ0v) is 9.49. The minimum absolute atomic E-state index is 0.0119. The molecule has 4 nitrogen and oxygen atoms in total. The second-order valence-electron chi connectivity index (χ2n) is 3.28. The number of nitrogens with two attached hydrogens (primary N) is 1. The van der Waals surface area contributed by atoms with E-state index in [9.17, 15) is 18.0 Å². The number of nitrogen functional groups attached to an aromatic ring is 1. The number of esters is 1. The van der Waals surface area contributed by atoms with E-state index in [-0.39, 0.29) is 18.0 Å². The van der Waals surface area contributed by atoms with E-state index in [0.29, 0.717) is 6.20 Å². The van der Waals surface area contributed by atoms with Crippen molar-refractivity contribution in [3.8, 4) is 0 Å². The lowest BCUT2D eigenvalue weighted by Crippen LogP contribution is -2.07. The molecule has 18 heavy (non-hydrogen) atoms.